The number of likely N-dealkylation sites (tertiary alicyclic amines) is 1. The Balaban J connectivity index is 2.13. The van der Waals surface area contributed by atoms with Crippen molar-refractivity contribution in [3.63, 3.8) is 0 Å². The highest BCUT2D eigenvalue weighted by molar-refractivity contribution is 5.46. The van der Waals surface area contributed by atoms with Gasteiger partial charge in [-0.2, -0.15) is 0 Å². The molecule has 1 aliphatic heterocycles. The van der Waals surface area contributed by atoms with Gasteiger partial charge in [-0.25, -0.2) is 5.90 Å². The first-order valence-electron chi connectivity index (χ1n) is 6.07. The molecule has 1 aliphatic rings. The lowest BCUT2D eigenvalue weighted by Crippen LogP contribution is -2.21. The van der Waals surface area contributed by atoms with Crippen LogP contribution in [0.4, 0.5) is 0 Å². The molecule has 0 aromatic heterocycles. The molecule has 1 unspecified atom stereocenters. The van der Waals surface area contributed by atoms with Gasteiger partial charge >= 0.3 is 0 Å². The summed E-state index contributed by atoms with van der Waals surface area (Å²) >= 11 is 0. The lowest BCUT2D eigenvalue weighted by molar-refractivity contribution is 0.121. The summed E-state index contributed by atoms with van der Waals surface area (Å²) in [6.07, 6.45) is 1.26. The summed E-state index contributed by atoms with van der Waals surface area (Å²) in [4.78, 5) is 6.92. The first-order valence-corrected chi connectivity index (χ1v) is 6.07. The third-order valence-corrected chi connectivity index (χ3v) is 3.15. The minimum absolute atomic E-state index is 0.220. The molecule has 1 atom stereocenters. The van der Waals surface area contributed by atoms with Crippen molar-refractivity contribution in [1.29, 1.82) is 0 Å². The van der Waals surface area contributed by atoms with Crippen molar-refractivity contribution in [3.05, 3.63) is 23.8 Å². The largest absolute Gasteiger partial charge is 0.492 e. The van der Waals surface area contributed by atoms with Gasteiger partial charge in [-0.1, -0.05) is 12.1 Å². The van der Waals surface area contributed by atoms with Gasteiger partial charge in [-0.05, 0) is 19.5 Å². The predicted molar refractivity (Wildman–Crippen MR) is 68.5 cm³/mol. The maximum atomic E-state index is 5.99. The fourth-order valence-corrected chi connectivity index (χ4v) is 2.26. The molecule has 1 fully saturated rings. The molecule has 0 aliphatic carbocycles. The summed E-state index contributed by atoms with van der Waals surface area (Å²) < 4.78 is 11.4. The van der Waals surface area contributed by atoms with E-state index in [4.69, 9.17) is 15.4 Å². The Morgan fingerprint density at radius 2 is 2.28 bits per heavy atom. The van der Waals surface area contributed by atoms with E-state index in [1.165, 1.54) is 0 Å². The highest BCUT2D eigenvalue weighted by Gasteiger charge is 2.22. The topological polar surface area (TPSA) is 57.0 Å². The van der Waals surface area contributed by atoms with E-state index in [0.29, 0.717) is 12.4 Å². The van der Waals surface area contributed by atoms with E-state index in [-0.39, 0.29) is 6.10 Å². The monoisotopic (exact) mass is 252 g/mol. The Morgan fingerprint density at radius 3 is 2.89 bits per heavy atom. The number of para-hydroxylation sites is 1. The maximum Gasteiger partial charge on any atom is 0.166 e. The SMILES string of the molecule is COc1c(CON)cccc1OC1CCN(C)C1. The quantitative estimate of drug-likeness (QED) is 0.797. The van der Waals surface area contributed by atoms with Gasteiger partial charge in [0.15, 0.2) is 11.5 Å². The van der Waals surface area contributed by atoms with Crippen LogP contribution >= 0.6 is 0 Å². The fourth-order valence-electron chi connectivity index (χ4n) is 2.26. The Hall–Kier alpha value is -1.30. The molecule has 5 nitrogen and oxygen atoms in total. The van der Waals surface area contributed by atoms with Crippen LogP contribution in [0.25, 0.3) is 0 Å². The molecular weight excluding hydrogens is 232 g/mol. The predicted octanol–water partition coefficient (Wildman–Crippen LogP) is 1.17. The molecule has 0 saturated carbocycles. The van der Waals surface area contributed by atoms with Gasteiger partial charge in [-0.3, -0.25) is 4.84 Å². The summed E-state index contributed by atoms with van der Waals surface area (Å²) in [6.45, 7) is 2.32. The Kier molecular flexibility index (Phi) is 4.41. The van der Waals surface area contributed by atoms with E-state index >= 15 is 0 Å². The number of nitrogens with two attached hydrogens (primary N) is 1. The molecule has 100 valence electrons. The number of nitrogens with zero attached hydrogens (tertiary/aromatic N) is 1. The molecule has 1 aromatic carbocycles. The van der Waals surface area contributed by atoms with E-state index in [0.717, 1.165) is 30.8 Å². The van der Waals surface area contributed by atoms with Gasteiger partial charge in [0.2, 0.25) is 0 Å². The summed E-state index contributed by atoms with van der Waals surface area (Å²) in [5.74, 6) is 6.58. The third-order valence-electron chi connectivity index (χ3n) is 3.15. The van der Waals surface area contributed by atoms with Crippen LogP contribution in [0.5, 0.6) is 11.5 Å². The summed E-state index contributed by atoms with van der Waals surface area (Å²) in [6, 6.07) is 5.75. The second kappa shape index (κ2) is 6.04. The first-order chi connectivity index (χ1) is 8.74. The minimum atomic E-state index is 0.220. The van der Waals surface area contributed by atoms with Gasteiger partial charge < -0.3 is 14.4 Å². The van der Waals surface area contributed by atoms with Crippen LogP contribution < -0.4 is 15.4 Å². The lowest BCUT2D eigenvalue weighted by atomic mass is 10.2. The van der Waals surface area contributed by atoms with Crippen LogP contribution in [0.3, 0.4) is 0 Å². The zero-order chi connectivity index (χ0) is 13.0. The van der Waals surface area contributed by atoms with Gasteiger partial charge in [0, 0.05) is 18.7 Å². The molecule has 0 spiro atoms. The average Bonchev–Trinajstić information content (AvgIpc) is 2.76. The number of rotatable bonds is 5. The van der Waals surface area contributed by atoms with Crippen LogP contribution in [0.2, 0.25) is 0 Å². The minimum Gasteiger partial charge on any atom is -0.492 e. The Labute approximate surface area is 107 Å². The third kappa shape index (κ3) is 2.93. The second-order valence-electron chi connectivity index (χ2n) is 4.55. The van der Waals surface area contributed by atoms with Crippen molar-refractivity contribution in [3.8, 4) is 11.5 Å². The Bertz CT molecular complexity index is 398. The molecule has 1 aromatic rings. The molecule has 2 N–H and O–H groups in total. The highest BCUT2D eigenvalue weighted by Crippen LogP contribution is 2.33. The number of likely N-dealkylation sites (N-methyl/N-ethyl adjacent to an activating group) is 1. The van der Waals surface area contributed by atoms with E-state index in [9.17, 15) is 0 Å². The molecule has 18 heavy (non-hydrogen) atoms. The standard InChI is InChI=1S/C13H20N2O3/c1-15-7-6-11(8-15)18-12-5-3-4-10(9-17-14)13(12)16-2/h3-5,11H,6-9,14H2,1-2H3. The van der Waals surface area contributed by atoms with Crippen molar-refractivity contribution in [1.82, 2.24) is 4.90 Å². The highest BCUT2D eigenvalue weighted by atomic mass is 16.6. The van der Waals surface area contributed by atoms with Crippen LogP contribution in [0.1, 0.15) is 12.0 Å². The Morgan fingerprint density at radius 1 is 1.44 bits per heavy atom. The molecule has 5 heteroatoms. The number of hydrogen-bond donors (Lipinski definition) is 1. The summed E-state index contributed by atoms with van der Waals surface area (Å²) in [5.41, 5.74) is 0.892. The van der Waals surface area contributed by atoms with Gasteiger partial charge in [0.25, 0.3) is 0 Å². The number of methoxy groups -OCH3 is 1. The summed E-state index contributed by atoms with van der Waals surface area (Å²) in [7, 11) is 3.72. The smallest absolute Gasteiger partial charge is 0.166 e. The van der Waals surface area contributed by atoms with Crippen LogP contribution in [0, 0.1) is 0 Å². The molecular formula is C13H20N2O3. The fraction of sp³-hybridized carbons (Fsp3) is 0.538. The second-order valence-corrected chi connectivity index (χ2v) is 4.55. The number of benzene rings is 1. The normalized spacial score (nSPS) is 20.1. The van der Waals surface area contributed by atoms with Crippen molar-refractivity contribution in [2.45, 2.75) is 19.1 Å². The molecule has 2 rings (SSSR count). The zero-order valence-electron chi connectivity index (χ0n) is 10.9. The molecule has 0 radical (unpaired) electrons. The zero-order valence-corrected chi connectivity index (χ0v) is 10.9. The van der Waals surface area contributed by atoms with Gasteiger partial charge in [-0.15, -0.1) is 0 Å². The van der Waals surface area contributed by atoms with Crippen molar-refractivity contribution in [2.24, 2.45) is 5.90 Å². The maximum absolute atomic E-state index is 5.99. The molecule has 0 bridgehead atoms. The van der Waals surface area contributed by atoms with E-state index in [2.05, 4.69) is 16.8 Å². The van der Waals surface area contributed by atoms with E-state index < -0.39 is 0 Å². The van der Waals surface area contributed by atoms with Crippen LogP contribution in [-0.4, -0.2) is 38.3 Å². The molecule has 0 amide bonds. The van der Waals surface area contributed by atoms with E-state index in [1.54, 1.807) is 7.11 Å². The number of ether oxygens (including phenoxy) is 2. The van der Waals surface area contributed by atoms with Gasteiger partial charge in [0.1, 0.15) is 6.10 Å². The van der Waals surface area contributed by atoms with Crippen molar-refractivity contribution < 1.29 is 14.3 Å². The molecule has 1 heterocycles. The van der Waals surface area contributed by atoms with Crippen LogP contribution in [0.15, 0.2) is 18.2 Å². The number of hydrogen-bond acceptors (Lipinski definition) is 5. The summed E-state index contributed by atoms with van der Waals surface area (Å²) in [5, 5.41) is 0. The molecule has 1 saturated heterocycles. The van der Waals surface area contributed by atoms with E-state index in [1.807, 2.05) is 18.2 Å². The average molecular weight is 252 g/mol. The lowest BCUT2D eigenvalue weighted by Gasteiger charge is -2.18. The van der Waals surface area contributed by atoms with Crippen molar-refractivity contribution >= 4 is 0 Å². The van der Waals surface area contributed by atoms with Gasteiger partial charge in [0.05, 0.1) is 13.7 Å². The first kappa shape index (κ1) is 13.1. The van der Waals surface area contributed by atoms with Crippen molar-refractivity contribution in [2.75, 3.05) is 27.2 Å². The van der Waals surface area contributed by atoms with Crippen LogP contribution in [-0.2, 0) is 11.4 Å².